The van der Waals surface area contributed by atoms with Crippen LogP contribution in [0.2, 0.25) is 0 Å². The number of rotatable bonds is 3. The molecule has 2 N–H and O–H groups in total. The number of carbonyl (C=O) groups is 1. The van der Waals surface area contributed by atoms with Gasteiger partial charge in [0.2, 0.25) is 0 Å². The number of benzene rings is 1. The Labute approximate surface area is 120 Å². The Bertz CT molecular complexity index is 440. The molecule has 110 valence electrons. The molecule has 4 heteroatoms. The SMILES string of the molecule is CC(C)(C)OC(=O)NC[C@@H]1CNC[C@@H]1c1ccccc1. The highest BCUT2D eigenvalue weighted by Gasteiger charge is 2.29. The van der Waals surface area contributed by atoms with Crippen LogP contribution in [-0.4, -0.2) is 31.3 Å². The van der Waals surface area contributed by atoms with Gasteiger partial charge in [-0.1, -0.05) is 30.3 Å². The molecule has 1 aliphatic rings. The van der Waals surface area contributed by atoms with Gasteiger partial charge in [-0.25, -0.2) is 4.79 Å². The van der Waals surface area contributed by atoms with Gasteiger partial charge in [0.1, 0.15) is 5.60 Å². The normalized spacial score (nSPS) is 22.6. The second kappa shape index (κ2) is 6.27. The lowest BCUT2D eigenvalue weighted by atomic mass is 9.89. The van der Waals surface area contributed by atoms with E-state index in [9.17, 15) is 4.79 Å². The Morgan fingerprint density at radius 2 is 2.00 bits per heavy atom. The van der Waals surface area contributed by atoms with E-state index in [0.29, 0.717) is 18.4 Å². The van der Waals surface area contributed by atoms with E-state index in [0.717, 1.165) is 13.1 Å². The van der Waals surface area contributed by atoms with Crippen LogP contribution in [-0.2, 0) is 4.74 Å². The van der Waals surface area contributed by atoms with Crippen LogP contribution < -0.4 is 10.6 Å². The predicted molar refractivity (Wildman–Crippen MR) is 79.8 cm³/mol. The first-order chi connectivity index (χ1) is 9.46. The summed E-state index contributed by atoms with van der Waals surface area (Å²) in [4.78, 5) is 11.7. The second-order valence-corrected chi connectivity index (χ2v) is 6.32. The third-order valence-corrected chi connectivity index (χ3v) is 3.48. The highest BCUT2D eigenvalue weighted by molar-refractivity contribution is 5.67. The van der Waals surface area contributed by atoms with Crippen molar-refractivity contribution in [1.82, 2.24) is 10.6 Å². The second-order valence-electron chi connectivity index (χ2n) is 6.32. The van der Waals surface area contributed by atoms with Crippen molar-refractivity contribution in [3.05, 3.63) is 35.9 Å². The summed E-state index contributed by atoms with van der Waals surface area (Å²) in [6.45, 7) is 8.14. The lowest BCUT2D eigenvalue weighted by Crippen LogP contribution is -2.36. The van der Waals surface area contributed by atoms with Gasteiger partial charge in [0.15, 0.2) is 0 Å². The molecule has 1 aromatic rings. The van der Waals surface area contributed by atoms with Gasteiger partial charge < -0.3 is 15.4 Å². The maximum absolute atomic E-state index is 11.7. The first kappa shape index (κ1) is 14.9. The summed E-state index contributed by atoms with van der Waals surface area (Å²) >= 11 is 0. The number of ether oxygens (including phenoxy) is 1. The zero-order chi connectivity index (χ0) is 14.6. The molecule has 0 unspecified atom stereocenters. The summed E-state index contributed by atoms with van der Waals surface area (Å²) in [5.74, 6) is 0.857. The number of hydrogen-bond acceptors (Lipinski definition) is 3. The van der Waals surface area contributed by atoms with Crippen LogP contribution in [0.15, 0.2) is 30.3 Å². The van der Waals surface area contributed by atoms with Gasteiger partial charge in [-0.3, -0.25) is 0 Å². The van der Waals surface area contributed by atoms with E-state index < -0.39 is 5.60 Å². The third kappa shape index (κ3) is 4.23. The highest BCUT2D eigenvalue weighted by atomic mass is 16.6. The van der Waals surface area contributed by atoms with Gasteiger partial charge in [0.05, 0.1) is 0 Å². The molecule has 1 fully saturated rings. The van der Waals surface area contributed by atoms with E-state index in [1.807, 2.05) is 26.8 Å². The zero-order valence-electron chi connectivity index (χ0n) is 12.5. The van der Waals surface area contributed by atoms with Crippen LogP contribution in [0.4, 0.5) is 4.79 Å². The summed E-state index contributed by atoms with van der Waals surface area (Å²) in [7, 11) is 0. The fraction of sp³-hybridized carbons (Fsp3) is 0.562. The Balaban J connectivity index is 1.88. The zero-order valence-corrected chi connectivity index (χ0v) is 12.5. The van der Waals surface area contributed by atoms with Crippen molar-refractivity contribution in [2.45, 2.75) is 32.3 Å². The molecule has 1 aromatic carbocycles. The number of nitrogens with one attached hydrogen (secondary N) is 2. The van der Waals surface area contributed by atoms with E-state index in [4.69, 9.17) is 4.74 Å². The summed E-state index contributed by atoms with van der Waals surface area (Å²) in [6, 6.07) is 10.5. The van der Waals surface area contributed by atoms with Crippen LogP contribution in [0.3, 0.4) is 0 Å². The van der Waals surface area contributed by atoms with Gasteiger partial charge in [0, 0.05) is 25.6 Å². The van der Waals surface area contributed by atoms with E-state index in [2.05, 4.69) is 34.9 Å². The van der Waals surface area contributed by atoms with Crippen LogP contribution in [0.25, 0.3) is 0 Å². The average molecular weight is 276 g/mol. The first-order valence-electron chi connectivity index (χ1n) is 7.18. The molecule has 0 saturated carbocycles. The average Bonchev–Trinajstić information content (AvgIpc) is 2.83. The van der Waals surface area contributed by atoms with Crippen molar-refractivity contribution in [2.75, 3.05) is 19.6 Å². The summed E-state index contributed by atoms with van der Waals surface area (Å²) in [6.07, 6.45) is -0.337. The molecule has 4 nitrogen and oxygen atoms in total. The molecule has 0 radical (unpaired) electrons. The van der Waals surface area contributed by atoms with Crippen molar-refractivity contribution < 1.29 is 9.53 Å². The van der Waals surface area contributed by atoms with Gasteiger partial charge in [-0.2, -0.15) is 0 Å². The molecule has 1 saturated heterocycles. The molecular weight excluding hydrogens is 252 g/mol. The predicted octanol–water partition coefficient (Wildman–Crippen LogP) is 2.51. The van der Waals surface area contributed by atoms with Crippen LogP contribution >= 0.6 is 0 Å². The minimum absolute atomic E-state index is 0.337. The van der Waals surface area contributed by atoms with E-state index in [1.165, 1.54) is 5.56 Å². The van der Waals surface area contributed by atoms with Gasteiger partial charge in [-0.15, -0.1) is 0 Å². The van der Waals surface area contributed by atoms with E-state index in [-0.39, 0.29) is 6.09 Å². The van der Waals surface area contributed by atoms with Crippen molar-refractivity contribution in [3.63, 3.8) is 0 Å². The Morgan fingerprint density at radius 3 is 2.65 bits per heavy atom. The summed E-state index contributed by atoms with van der Waals surface area (Å²) in [5, 5.41) is 6.28. The molecular formula is C16H24N2O2. The van der Waals surface area contributed by atoms with E-state index in [1.54, 1.807) is 0 Å². The van der Waals surface area contributed by atoms with Crippen molar-refractivity contribution >= 4 is 6.09 Å². The highest BCUT2D eigenvalue weighted by Crippen LogP contribution is 2.27. The van der Waals surface area contributed by atoms with Crippen molar-refractivity contribution in [3.8, 4) is 0 Å². The van der Waals surface area contributed by atoms with Gasteiger partial charge in [-0.05, 0) is 32.3 Å². The fourth-order valence-electron chi connectivity index (χ4n) is 2.57. The van der Waals surface area contributed by atoms with Gasteiger partial charge in [0.25, 0.3) is 0 Å². The largest absolute Gasteiger partial charge is 0.444 e. The summed E-state index contributed by atoms with van der Waals surface area (Å²) in [5.41, 5.74) is 0.880. The Kier molecular flexibility index (Phi) is 4.65. The van der Waals surface area contributed by atoms with Crippen LogP contribution in [0, 0.1) is 5.92 Å². The molecule has 0 bridgehead atoms. The molecule has 0 aliphatic carbocycles. The molecule has 1 heterocycles. The molecule has 0 spiro atoms. The van der Waals surface area contributed by atoms with Crippen LogP contribution in [0.5, 0.6) is 0 Å². The maximum Gasteiger partial charge on any atom is 0.407 e. The molecule has 20 heavy (non-hydrogen) atoms. The van der Waals surface area contributed by atoms with Crippen LogP contribution in [0.1, 0.15) is 32.3 Å². The third-order valence-electron chi connectivity index (χ3n) is 3.48. The van der Waals surface area contributed by atoms with Gasteiger partial charge >= 0.3 is 6.09 Å². The van der Waals surface area contributed by atoms with E-state index >= 15 is 0 Å². The maximum atomic E-state index is 11.7. The Morgan fingerprint density at radius 1 is 1.30 bits per heavy atom. The standard InChI is InChI=1S/C16H24N2O2/c1-16(2,3)20-15(19)18-10-13-9-17-11-14(13)12-7-5-4-6-8-12/h4-8,13-14,17H,9-11H2,1-3H3,(H,18,19)/t13-,14+/m0/s1. The number of carbonyl (C=O) groups excluding carboxylic acids is 1. The minimum atomic E-state index is -0.448. The number of hydrogen-bond donors (Lipinski definition) is 2. The quantitative estimate of drug-likeness (QED) is 0.892. The smallest absolute Gasteiger partial charge is 0.407 e. The van der Waals surface area contributed by atoms with Crippen molar-refractivity contribution in [2.24, 2.45) is 5.92 Å². The lowest BCUT2D eigenvalue weighted by Gasteiger charge is -2.22. The van der Waals surface area contributed by atoms with Crippen molar-refractivity contribution in [1.29, 1.82) is 0 Å². The Hall–Kier alpha value is -1.55. The molecule has 1 aliphatic heterocycles. The lowest BCUT2D eigenvalue weighted by molar-refractivity contribution is 0.0519. The number of amides is 1. The molecule has 2 atom stereocenters. The number of alkyl carbamates (subject to hydrolysis) is 1. The first-order valence-corrected chi connectivity index (χ1v) is 7.18. The molecule has 2 rings (SSSR count). The molecule has 1 amide bonds. The fourth-order valence-corrected chi connectivity index (χ4v) is 2.57. The topological polar surface area (TPSA) is 50.4 Å². The summed E-state index contributed by atoms with van der Waals surface area (Å²) < 4.78 is 5.27. The monoisotopic (exact) mass is 276 g/mol. The molecule has 0 aromatic heterocycles. The minimum Gasteiger partial charge on any atom is -0.444 e.